The number of hydrogen-bond acceptors (Lipinski definition) is 4. The first-order valence-electron chi connectivity index (χ1n) is 9.79. The summed E-state index contributed by atoms with van der Waals surface area (Å²) in [5.41, 5.74) is 0.939. The fourth-order valence-corrected chi connectivity index (χ4v) is 5.29. The number of carbonyl (C=O) groups is 1. The smallest absolute Gasteiger partial charge is 0.264 e. The first-order chi connectivity index (χ1) is 15.4. The maximum atomic E-state index is 14.4. The van der Waals surface area contributed by atoms with Gasteiger partial charge in [0.05, 0.1) is 10.6 Å². The Morgan fingerprint density at radius 3 is 2.31 bits per heavy atom. The highest BCUT2D eigenvalue weighted by molar-refractivity contribution is 7.98. The molecule has 0 atom stereocenters. The predicted octanol–water partition coefficient (Wildman–Crippen LogP) is 4.72. The molecule has 0 saturated carbocycles. The largest absolute Gasteiger partial charge is 0.354 e. The van der Waals surface area contributed by atoms with Crippen LogP contribution in [0, 0.1) is 5.82 Å². The van der Waals surface area contributed by atoms with Crippen LogP contribution in [0.4, 0.5) is 10.1 Å². The maximum Gasteiger partial charge on any atom is 0.264 e. The number of thioether (sulfide) groups is 1. The van der Waals surface area contributed by atoms with Crippen LogP contribution in [0.2, 0.25) is 5.02 Å². The Morgan fingerprint density at radius 1 is 0.969 bits per heavy atom. The molecule has 0 aliphatic rings. The molecule has 168 valence electrons. The minimum absolute atomic E-state index is 0.0189. The number of nitrogens with one attached hydrogen (secondary N) is 1. The summed E-state index contributed by atoms with van der Waals surface area (Å²) in [5.74, 6) is 0.161. The molecule has 5 nitrogen and oxygen atoms in total. The van der Waals surface area contributed by atoms with Crippen LogP contribution >= 0.6 is 23.4 Å². The zero-order valence-corrected chi connectivity index (χ0v) is 19.5. The van der Waals surface area contributed by atoms with Gasteiger partial charge in [-0.15, -0.1) is 0 Å². The minimum Gasteiger partial charge on any atom is -0.354 e. The van der Waals surface area contributed by atoms with E-state index in [1.807, 2.05) is 24.3 Å². The molecule has 3 aromatic rings. The lowest BCUT2D eigenvalue weighted by Gasteiger charge is -2.24. The summed E-state index contributed by atoms with van der Waals surface area (Å²) < 4.78 is 41.5. The van der Waals surface area contributed by atoms with Crippen molar-refractivity contribution in [2.24, 2.45) is 0 Å². The molecule has 0 aromatic heterocycles. The van der Waals surface area contributed by atoms with Crippen molar-refractivity contribution in [1.82, 2.24) is 5.32 Å². The van der Waals surface area contributed by atoms with Crippen molar-refractivity contribution in [3.8, 4) is 0 Å². The number of sulfonamides is 1. The third kappa shape index (κ3) is 6.48. The van der Waals surface area contributed by atoms with Gasteiger partial charge in [-0.2, -0.15) is 11.8 Å². The number of halogens is 2. The fraction of sp³-hybridized carbons (Fsp3) is 0.174. The van der Waals surface area contributed by atoms with Crippen molar-refractivity contribution in [2.75, 3.05) is 23.1 Å². The Balaban J connectivity index is 1.62. The molecule has 0 radical (unpaired) electrons. The van der Waals surface area contributed by atoms with Gasteiger partial charge in [0.25, 0.3) is 10.0 Å². The normalized spacial score (nSPS) is 11.2. The first-order valence-corrected chi connectivity index (χ1v) is 12.8. The van der Waals surface area contributed by atoms with Crippen molar-refractivity contribution in [3.63, 3.8) is 0 Å². The summed E-state index contributed by atoms with van der Waals surface area (Å²) in [6.45, 7) is -0.173. The zero-order valence-electron chi connectivity index (χ0n) is 17.1. The molecule has 0 unspecified atom stereocenters. The van der Waals surface area contributed by atoms with Crippen LogP contribution in [0.5, 0.6) is 0 Å². The van der Waals surface area contributed by atoms with E-state index in [2.05, 4.69) is 5.32 Å². The lowest BCUT2D eigenvalue weighted by molar-refractivity contribution is -0.119. The Labute approximate surface area is 196 Å². The third-order valence-corrected chi connectivity index (χ3v) is 7.55. The van der Waals surface area contributed by atoms with Gasteiger partial charge in [0.15, 0.2) is 0 Å². The topological polar surface area (TPSA) is 66.5 Å². The molecule has 0 heterocycles. The molecular weight excluding hydrogens is 471 g/mol. The average molecular weight is 493 g/mol. The van der Waals surface area contributed by atoms with Crippen molar-refractivity contribution >= 4 is 45.0 Å². The number of hydrogen-bond donors (Lipinski definition) is 1. The quantitative estimate of drug-likeness (QED) is 0.416. The van der Waals surface area contributed by atoms with E-state index in [9.17, 15) is 17.6 Å². The van der Waals surface area contributed by atoms with E-state index >= 15 is 0 Å². The standard InChI is InChI=1S/C23H22ClFN2O3S2/c24-19-12-10-18(11-13-19)17-31-15-14-26-23(28)16-27(22-9-5-4-8-21(22)25)32(29,30)20-6-2-1-3-7-20/h1-13H,14-17H2,(H,26,28). The monoisotopic (exact) mass is 492 g/mol. The number of anilines is 1. The second-order valence-electron chi connectivity index (χ2n) is 6.81. The van der Waals surface area contributed by atoms with E-state index in [-0.39, 0.29) is 10.6 Å². The second kappa shape index (κ2) is 11.4. The zero-order chi connectivity index (χ0) is 23.0. The highest BCUT2D eigenvalue weighted by Gasteiger charge is 2.28. The van der Waals surface area contributed by atoms with Gasteiger partial charge in [0.2, 0.25) is 5.91 Å². The molecule has 1 N–H and O–H groups in total. The van der Waals surface area contributed by atoms with E-state index in [4.69, 9.17) is 11.6 Å². The summed E-state index contributed by atoms with van der Waals surface area (Å²) in [7, 11) is -4.13. The van der Waals surface area contributed by atoms with Gasteiger partial charge in [0, 0.05) is 23.1 Å². The number of carbonyl (C=O) groups excluding carboxylic acids is 1. The van der Waals surface area contributed by atoms with Gasteiger partial charge in [0.1, 0.15) is 12.4 Å². The summed E-state index contributed by atoms with van der Waals surface area (Å²) in [4.78, 5) is 12.5. The number of rotatable bonds is 10. The SMILES string of the molecule is O=C(CN(c1ccccc1F)S(=O)(=O)c1ccccc1)NCCSCc1ccc(Cl)cc1. The van der Waals surface area contributed by atoms with E-state index < -0.39 is 28.3 Å². The predicted molar refractivity (Wildman–Crippen MR) is 128 cm³/mol. The minimum atomic E-state index is -4.13. The molecule has 0 aliphatic heterocycles. The van der Waals surface area contributed by atoms with Crippen molar-refractivity contribution in [2.45, 2.75) is 10.6 Å². The highest BCUT2D eigenvalue weighted by atomic mass is 35.5. The average Bonchev–Trinajstić information content (AvgIpc) is 2.79. The molecule has 0 fully saturated rings. The Kier molecular flexibility index (Phi) is 8.55. The van der Waals surface area contributed by atoms with Gasteiger partial charge in [-0.05, 0) is 42.0 Å². The summed E-state index contributed by atoms with van der Waals surface area (Å²) >= 11 is 7.50. The fourth-order valence-electron chi connectivity index (χ4n) is 2.89. The number of para-hydroxylation sites is 1. The van der Waals surface area contributed by atoms with Gasteiger partial charge in [-0.25, -0.2) is 12.8 Å². The molecule has 0 saturated heterocycles. The van der Waals surface area contributed by atoms with Crippen LogP contribution in [-0.4, -0.2) is 33.2 Å². The lowest BCUT2D eigenvalue weighted by atomic mass is 10.2. The molecular formula is C23H22ClFN2O3S2. The van der Waals surface area contributed by atoms with Gasteiger partial charge in [-0.3, -0.25) is 9.10 Å². The Morgan fingerprint density at radius 2 is 1.62 bits per heavy atom. The summed E-state index contributed by atoms with van der Waals surface area (Å²) in [6, 6.07) is 20.7. The molecule has 0 aliphatic carbocycles. The van der Waals surface area contributed by atoms with E-state index in [1.165, 1.54) is 30.3 Å². The van der Waals surface area contributed by atoms with Crippen LogP contribution in [0.25, 0.3) is 0 Å². The Bertz CT molecular complexity index is 1140. The summed E-state index contributed by atoms with van der Waals surface area (Å²) in [5, 5.41) is 3.39. The molecule has 9 heteroatoms. The van der Waals surface area contributed by atoms with Crippen molar-refractivity contribution < 1.29 is 17.6 Å². The third-order valence-electron chi connectivity index (χ3n) is 4.49. The molecule has 0 spiro atoms. The van der Waals surface area contributed by atoms with Crippen LogP contribution in [0.15, 0.2) is 83.8 Å². The van der Waals surface area contributed by atoms with Crippen LogP contribution in [0.1, 0.15) is 5.56 Å². The molecule has 1 amide bonds. The van der Waals surface area contributed by atoms with Crippen LogP contribution in [-0.2, 0) is 20.6 Å². The molecule has 0 bridgehead atoms. The van der Waals surface area contributed by atoms with Crippen LogP contribution in [0.3, 0.4) is 0 Å². The number of benzene rings is 3. The second-order valence-corrected chi connectivity index (χ2v) is 10.2. The van der Waals surface area contributed by atoms with E-state index in [0.717, 1.165) is 21.7 Å². The van der Waals surface area contributed by atoms with Gasteiger partial charge < -0.3 is 5.32 Å². The first kappa shape index (κ1) is 24.1. The molecule has 32 heavy (non-hydrogen) atoms. The lowest BCUT2D eigenvalue weighted by Crippen LogP contribution is -2.41. The molecule has 3 aromatic carbocycles. The summed E-state index contributed by atoms with van der Waals surface area (Å²) in [6.07, 6.45) is 0. The van der Waals surface area contributed by atoms with Gasteiger partial charge >= 0.3 is 0 Å². The van der Waals surface area contributed by atoms with Gasteiger partial charge in [-0.1, -0.05) is 54.1 Å². The van der Waals surface area contributed by atoms with Crippen molar-refractivity contribution in [3.05, 3.63) is 95.3 Å². The molecule has 3 rings (SSSR count). The number of amides is 1. The van der Waals surface area contributed by atoms with Crippen molar-refractivity contribution in [1.29, 1.82) is 0 Å². The Hall–Kier alpha value is -2.55. The maximum absolute atomic E-state index is 14.4. The van der Waals surface area contributed by atoms with Crippen LogP contribution < -0.4 is 9.62 Å². The van der Waals surface area contributed by atoms with E-state index in [1.54, 1.807) is 30.0 Å². The highest BCUT2D eigenvalue weighted by Crippen LogP contribution is 2.26. The number of nitrogens with zero attached hydrogens (tertiary/aromatic N) is 1. The van der Waals surface area contributed by atoms with E-state index in [0.29, 0.717) is 17.3 Å².